The Morgan fingerprint density at radius 2 is 2.00 bits per heavy atom. The maximum atomic E-state index is 12.5. The molecule has 0 radical (unpaired) electrons. The van der Waals surface area contributed by atoms with Crippen LogP contribution in [0, 0.1) is 0 Å². The van der Waals surface area contributed by atoms with Gasteiger partial charge >= 0.3 is 6.18 Å². The summed E-state index contributed by atoms with van der Waals surface area (Å²) < 4.78 is 39.1. The molecule has 0 bridgehead atoms. The summed E-state index contributed by atoms with van der Waals surface area (Å²) in [6, 6.07) is 0.0576. The fraction of sp³-hybridized carbons (Fsp3) is 0.455. The lowest BCUT2D eigenvalue weighted by atomic mass is 10.2. The van der Waals surface area contributed by atoms with Gasteiger partial charge in [0.25, 0.3) is 0 Å². The monoisotopic (exact) mass is 291 g/mol. The van der Waals surface area contributed by atoms with E-state index in [0.29, 0.717) is 17.0 Å². The van der Waals surface area contributed by atoms with Crippen LogP contribution in [-0.4, -0.2) is 19.6 Å². The molecule has 8 heteroatoms. The van der Waals surface area contributed by atoms with Crippen LogP contribution >= 0.6 is 11.3 Å². The van der Waals surface area contributed by atoms with Crippen LogP contribution in [0.3, 0.4) is 0 Å². The Morgan fingerprint density at radius 1 is 1.32 bits per heavy atom. The summed E-state index contributed by atoms with van der Waals surface area (Å²) in [4.78, 5) is 7.36. The van der Waals surface area contributed by atoms with E-state index in [1.165, 1.54) is 12.5 Å². The number of hydrogen-bond donors (Lipinski definition) is 1. The average molecular weight is 291 g/mol. The van der Waals surface area contributed by atoms with Crippen LogP contribution in [0.4, 0.5) is 13.2 Å². The Hall–Kier alpha value is -1.41. The first kappa shape index (κ1) is 14.0. The van der Waals surface area contributed by atoms with Crippen LogP contribution in [0.25, 0.3) is 0 Å². The van der Waals surface area contributed by atoms with Gasteiger partial charge in [-0.15, -0.1) is 11.3 Å². The van der Waals surface area contributed by atoms with Crippen molar-refractivity contribution in [3.8, 4) is 0 Å². The molecule has 0 saturated heterocycles. The van der Waals surface area contributed by atoms with E-state index in [-0.39, 0.29) is 10.9 Å². The zero-order valence-electron chi connectivity index (χ0n) is 10.2. The van der Waals surface area contributed by atoms with Gasteiger partial charge in [-0.2, -0.15) is 13.2 Å². The molecule has 1 unspecified atom stereocenters. The highest BCUT2D eigenvalue weighted by Gasteiger charge is 2.35. The molecule has 0 aliphatic heterocycles. The number of hydrogen-bond acceptors (Lipinski definition) is 4. The second-order valence-electron chi connectivity index (χ2n) is 4.29. The number of alkyl halides is 3. The Bertz CT molecular complexity index is 562. The largest absolute Gasteiger partial charge is 0.443 e. The molecule has 0 aliphatic rings. The quantitative estimate of drug-likeness (QED) is 0.945. The van der Waals surface area contributed by atoms with Crippen molar-refractivity contribution < 1.29 is 18.3 Å². The van der Waals surface area contributed by atoms with Crippen molar-refractivity contribution in [1.29, 1.82) is 0 Å². The third-order valence-electron chi connectivity index (χ3n) is 2.57. The first-order valence-electron chi connectivity index (χ1n) is 5.53. The second kappa shape index (κ2) is 4.93. The predicted molar refractivity (Wildman–Crippen MR) is 63.8 cm³/mol. The van der Waals surface area contributed by atoms with Crippen LogP contribution in [-0.2, 0) is 6.18 Å². The van der Waals surface area contributed by atoms with Crippen molar-refractivity contribution in [2.24, 2.45) is 0 Å². The van der Waals surface area contributed by atoms with E-state index in [1.54, 1.807) is 4.57 Å². The molecule has 0 saturated carbocycles. The molecule has 0 aromatic carbocycles. The molecule has 1 N–H and O–H groups in total. The molecular weight excluding hydrogens is 279 g/mol. The minimum Gasteiger partial charge on any atom is -0.381 e. The minimum atomic E-state index is -4.49. The van der Waals surface area contributed by atoms with E-state index < -0.39 is 17.3 Å². The summed E-state index contributed by atoms with van der Waals surface area (Å²) in [6.07, 6.45) is -1.61. The van der Waals surface area contributed by atoms with Gasteiger partial charge in [-0.25, -0.2) is 9.97 Å². The van der Waals surface area contributed by atoms with Crippen LogP contribution in [0.1, 0.15) is 41.6 Å². The second-order valence-corrected chi connectivity index (χ2v) is 5.35. The summed E-state index contributed by atoms with van der Waals surface area (Å²) in [5.41, 5.74) is 0.451. The number of rotatable bonds is 3. The lowest BCUT2D eigenvalue weighted by Crippen LogP contribution is -2.09. The molecule has 0 spiro atoms. The lowest BCUT2D eigenvalue weighted by molar-refractivity contribution is -0.137. The Kier molecular flexibility index (Phi) is 3.64. The molecule has 2 aromatic heterocycles. The van der Waals surface area contributed by atoms with Gasteiger partial charge in [0, 0.05) is 12.2 Å². The Morgan fingerprint density at radius 3 is 2.53 bits per heavy atom. The predicted octanol–water partition coefficient (Wildman–Crippen LogP) is 3.02. The van der Waals surface area contributed by atoms with Crippen molar-refractivity contribution >= 4 is 11.3 Å². The van der Waals surface area contributed by atoms with E-state index in [4.69, 9.17) is 0 Å². The number of imidazole rings is 1. The van der Waals surface area contributed by atoms with E-state index in [0.717, 1.165) is 6.20 Å². The standard InChI is InChI=1S/C11H12F3N3OS/c1-6(2)17-5-15-3-7(17)9(18)8-4-16-10(19-8)11(12,13)14/h3-6,9,18H,1-2H3. The van der Waals surface area contributed by atoms with Gasteiger partial charge in [-0.1, -0.05) is 0 Å². The SMILES string of the molecule is CC(C)n1cncc1C(O)c1cnc(C(F)(F)F)s1. The maximum absolute atomic E-state index is 12.5. The molecule has 2 aromatic rings. The molecule has 0 fully saturated rings. The summed E-state index contributed by atoms with van der Waals surface area (Å²) in [7, 11) is 0. The molecule has 0 amide bonds. The fourth-order valence-corrected chi connectivity index (χ4v) is 2.43. The lowest BCUT2D eigenvalue weighted by Gasteiger charge is -2.15. The van der Waals surface area contributed by atoms with Crippen molar-refractivity contribution in [1.82, 2.24) is 14.5 Å². The summed E-state index contributed by atoms with van der Waals surface area (Å²) in [5, 5.41) is 9.17. The van der Waals surface area contributed by atoms with Gasteiger partial charge in [0.05, 0.1) is 23.1 Å². The number of aliphatic hydroxyl groups excluding tert-OH is 1. The number of aromatic nitrogens is 3. The topological polar surface area (TPSA) is 50.9 Å². The molecular formula is C11H12F3N3OS. The molecule has 2 heterocycles. The van der Waals surface area contributed by atoms with Crippen molar-refractivity contribution in [2.75, 3.05) is 0 Å². The number of aliphatic hydroxyl groups is 1. The van der Waals surface area contributed by atoms with Crippen molar-refractivity contribution in [3.63, 3.8) is 0 Å². The minimum absolute atomic E-state index is 0.0576. The van der Waals surface area contributed by atoms with E-state index >= 15 is 0 Å². The first-order chi connectivity index (χ1) is 8.80. The zero-order valence-corrected chi connectivity index (χ0v) is 11.0. The summed E-state index contributed by atoms with van der Waals surface area (Å²) in [5.74, 6) is 0. The van der Waals surface area contributed by atoms with E-state index in [2.05, 4.69) is 9.97 Å². The third-order valence-corrected chi connectivity index (χ3v) is 3.66. The number of thiazole rings is 1. The van der Waals surface area contributed by atoms with Crippen LogP contribution in [0.5, 0.6) is 0 Å². The highest BCUT2D eigenvalue weighted by molar-refractivity contribution is 7.11. The van der Waals surface area contributed by atoms with Crippen LogP contribution in [0.2, 0.25) is 0 Å². The normalized spacial score (nSPS) is 14.1. The van der Waals surface area contributed by atoms with Gasteiger partial charge < -0.3 is 9.67 Å². The Balaban J connectivity index is 2.31. The third kappa shape index (κ3) is 2.79. The van der Waals surface area contributed by atoms with Crippen LogP contribution < -0.4 is 0 Å². The zero-order chi connectivity index (χ0) is 14.2. The van der Waals surface area contributed by atoms with Gasteiger partial charge in [0.1, 0.15) is 6.10 Å². The van der Waals surface area contributed by atoms with Gasteiger partial charge in [-0.05, 0) is 13.8 Å². The molecule has 4 nitrogen and oxygen atoms in total. The molecule has 1 atom stereocenters. The maximum Gasteiger partial charge on any atom is 0.443 e. The van der Waals surface area contributed by atoms with E-state index in [1.807, 2.05) is 13.8 Å². The molecule has 104 valence electrons. The first-order valence-corrected chi connectivity index (χ1v) is 6.35. The number of nitrogens with zero attached hydrogens (tertiary/aromatic N) is 3. The highest BCUT2D eigenvalue weighted by Crippen LogP contribution is 2.36. The smallest absolute Gasteiger partial charge is 0.381 e. The fourth-order valence-electron chi connectivity index (χ4n) is 1.65. The van der Waals surface area contributed by atoms with Gasteiger partial charge in [0.2, 0.25) is 0 Å². The Labute approximate surface area is 111 Å². The summed E-state index contributed by atoms with van der Waals surface area (Å²) >= 11 is 0.439. The highest BCUT2D eigenvalue weighted by atomic mass is 32.1. The average Bonchev–Trinajstić information content (AvgIpc) is 2.96. The van der Waals surface area contributed by atoms with Crippen molar-refractivity contribution in [2.45, 2.75) is 32.2 Å². The number of halogens is 3. The summed E-state index contributed by atoms with van der Waals surface area (Å²) in [6.45, 7) is 3.79. The molecule has 2 rings (SSSR count). The molecule has 19 heavy (non-hydrogen) atoms. The van der Waals surface area contributed by atoms with E-state index in [9.17, 15) is 18.3 Å². The molecule has 0 aliphatic carbocycles. The van der Waals surface area contributed by atoms with Crippen molar-refractivity contribution in [3.05, 3.63) is 34.3 Å². The van der Waals surface area contributed by atoms with Gasteiger partial charge in [-0.3, -0.25) is 0 Å². The van der Waals surface area contributed by atoms with Crippen LogP contribution in [0.15, 0.2) is 18.7 Å². The van der Waals surface area contributed by atoms with Gasteiger partial charge in [0.15, 0.2) is 5.01 Å².